The van der Waals surface area contributed by atoms with Gasteiger partial charge in [0.05, 0.1) is 16.4 Å². The zero-order valence-electron chi connectivity index (χ0n) is 16.2. The van der Waals surface area contributed by atoms with E-state index in [1.54, 1.807) is 12.1 Å². The van der Waals surface area contributed by atoms with Gasteiger partial charge in [0.2, 0.25) is 10.0 Å². The lowest BCUT2D eigenvalue weighted by Crippen LogP contribution is -2.22. The molecular formula is C20H22ClN3O2S2. The summed E-state index contributed by atoms with van der Waals surface area (Å²) in [5.41, 5.74) is 3.72. The van der Waals surface area contributed by atoms with Gasteiger partial charge in [-0.1, -0.05) is 35.9 Å². The third-order valence-electron chi connectivity index (χ3n) is 4.43. The van der Waals surface area contributed by atoms with Crippen LogP contribution in [0, 0.1) is 6.92 Å². The summed E-state index contributed by atoms with van der Waals surface area (Å²) in [6, 6.07) is 13.1. The molecule has 3 aromatic rings. The van der Waals surface area contributed by atoms with E-state index in [0.717, 1.165) is 27.3 Å². The Bertz CT molecular complexity index is 1180. The molecule has 148 valence electrons. The standard InChI is InChI=1S/C20H22ClN3O2S2/c1-5-24-18(13-27-20(24)22-17-9-7-6-8-14(17)2)15-10-11-16(21)19(12-15)28(25,26)23(3)4/h6-13H,5H2,1-4H3/b22-20+. The molecule has 1 aromatic heterocycles. The molecule has 8 heteroatoms. The van der Waals surface area contributed by atoms with Crippen LogP contribution >= 0.6 is 22.9 Å². The molecule has 5 nitrogen and oxygen atoms in total. The number of hydrogen-bond donors (Lipinski definition) is 0. The number of aryl methyl sites for hydroxylation is 1. The number of halogens is 1. The van der Waals surface area contributed by atoms with Crippen LogP contribution < -0.4 is 4.80 Å². The van der Waals surface area contributed by atoms with Crippen molar-refractivity contribution in [3.8, 4) is 11.3 Å². The monoisotopic (exact) mass is 435 g/mol. The second kappa shape index (κ2) is 8.21. The maximum atomic E-state index is 12.6. The van der Waals surface area contributed by atoms with Gasteiger partial charge in [0.25, 0.3) is 0 Å². The number of thiazole rings is 1. The van der Waals surface area contributed by atoms with Gasteiger partial charge in [-0.25, -0.2) is 17.7 Å². The van der Waals surface area contributed by atoms with Gasteiger partial charge in [0, 0.05) is 31.6 Å². The van der Waals surface area contributed by atoms with Gasteiger partial charge in [-0.15, -0.1) is 11.3 Å². The van der Waals surface area contributed by atoms with Crippen molar-refractivity contribution in [1.29, 1.82) is 0 Å². The van der Waals surface area contributed by atoms with Crippen molar-refractivity contribution in [1.82, 2.24) is 8.87 Å². The molecule has 1 heterocycles. The van der Waals surface area contributed by atoms with Gasteiger partial charge in [-0.2, -0.15) is 0 Å². The van der Waals surface area contributed by atoms with E-state index in [1.807, 2.05) is 49.6 Å². The van der Waals surface area contributed by atoms with Gasteiger partial charge >= 0.3 is 0 Å². The summed E-state index contributed by atoms with van der Waals surface area (Å²) in [5, 5.41) is 2.20. The van der Waals surface area contributed by atoms with Gasteiger partial charge in [0.1, 0.15) is 4.90 Å². The summed E-state index contributed by atoms with van der Waals surface area (Å²) in [6.45, 7) is 4.78. The van der Waals surface area contributed by atoms with Crippen molar-refractivity contribution in [2.45, 2.75) is 25.3 Å². The second-order valence-electron chi connectivity index (χ2n) is 6.48. The third-order valence-corrected chi connectivity index (χ3v) is 7.59. The summed E-state index contributed by atoms with van der Waals surface area (Å²) >= 11 is 7.71. The highest BCUT2D eigenvalue weighted by Gasteiger charge is 2.22. The van der Waals surface area contributed by atoms with Crippen molar-refractivity contribution in [3.63, 3.8) is 0 Å². The lowest BCUT2D eigenvalue weighted by atomic mass is 10.2. The highest BCUT2D eigenvalue weighted by Crippen LogP contribution is 2.30. The van der Waals surface area contributed by atoms with Crippen molar-refractivity contribution in [3.05, 3.63) is 63.2 Å². The van der Waals surface area contributed by atoms with Gasteiger partial charge in [-0.05, 0) is 37.6 Å². The summed E-state index contributed by atoms with van der Waals surface area (Å²) < 4.78 is 28.4. The third kappa shape index (κ3) is 3.93. The molecule has 0 aliphatic heterocycles. The molecule has 0 saturated carbocycles. The number of benzene rings is 2. The molecule has 0 unspecified atom stereocenters. The van der Waals surface area contributed by atoms with Crippen LogP contribution in [0.25, 0.3) is 11.3 Å². The smallest absolute Gasteiger partial charge is 0.244 e. The summed E-state index contributed by atoms with van der Waals surface area (Å²) in [6.07, 6.45) is 0. The minimum atomic E-state index is -3.63. The van der Waals surface area contributed by atoms with Gasteiger partial charge < -0.3 is 4.57 Å². The quantitative estimate of drug-likeness (QED) is 0.584. The minimum Gasteiger partial charge on any atom is -0.317 e. The van der Waals surface area contributed by atoms with Crippen molar-refractivity contribution >= 4 is 38.6 Å². The fourth-order valence-electron chi connectivity index (χ4n) is 2.80. The van der Waals surface area contributed by atoms with Crippen LogP contribution in [-0.2, 0) is 16.6 Å². The maximum Gasteiger partial charge on any atom is 0.244 e. The molecule has 0 aliphatic rings. The summed E-state index contributed by atoms with van der Waals surface area (Å²) in [7, 11) is -0.644. The Morgan fingerprint density at radius 3 is 2.54 bits per heavy atom. The Balaban J connectivity index is 2.17. The average Bonchev–Trinajstić information content (AvgIpc) is 3.06. The fraction of sp³-hybridized carbons (Fsp3) is 0.250. The SMILES string of the molecule is CCn1c(-c2ccc(Cl)c(S(=O)(=O)N(C)C)c2)cs/c1=N/c1ccccc1C. The predicted molar refractivity (Wildman–Crippen MR) is 116 cm³/mol. The number of sulfonamides is 1. The Labute approximate surface area is 174 Å². The molecule has 3 rings (SSSR count). The molecule has 0 fully saturated rings. The Hall–Kier alpha value is -1.93. The number of aromatic nitrogens is 1. The van der Waals surface area contributed by atoms with E-state index in [2.05, 4.69) is 4.57 Å². The first kappa shape index (κ1) is 20.8. The van der Waals surface area contributed by atoms with Crippen molar-refractivity contribution in [2.75, 3.05) is 14.1 Å². The highest BCUT2D eigenvalue weighted by molar-refractivity contribution is 7.89. The van der Waals surface area contributed by atoms with Crippen molar-refractivity contribution < 1.29 is 8.42 Å². The molecule has 2 aromatic carbocycles. The Morgan fingerprint density at radius 1 is 1.18 bits per heavy atom. The number of para-hydroxylation sites is 1. The molecule has 0 amide bonds. The maximum absolute atomic E-state index is 12.6. The average molecular weight is 436 g/mol. The van der Waals surface area contributed by atoms with Crippen molar-refractivity contribution in [2.24, 2.45) is 4.99 Å². The van der Waals surface area contributed by atoms with Gasteiger partial charge in [0.15, 0.2) is 4.80 Å². The largest absolute Gasteiger partial charge is 0.317 e. The molecule has 0 radical (unpaired) electrons. The topological polar surface area (TPSA) is 54.7 Å². The van der Waals surface area contributed by atoms with Crippen LogP contribution in [0.2, 0.25) is 5.02 Å². The van der Waals surface area contributed by atoms with Crippen LogP contribution in [0.1, 0.15) is 12.5 Å². The van der Waals surface area contributed by atoms with E-state index in [0.29, 0.717) is 6.54 Å². The first-order valence-corrected chi connectivity index (χ1v) is 11.5. The van der Waals surface area contributed by atoms with Crippen LogP contribution in [0.4, 0.5) is 5.69 Å². The highest BCUT2D eigenvalue weighted by atomic mass is 35.5. The Kier molecular flexibility index (Phi) is 6.09. The number of rotatable bonds is 5. The normalized spacial score (nSPS) is 12.7. The summed E-state index contributed by atoms with van der Waals surface area (Å²) in [4.78, 5) is 5.76. The first-order chi connectivity index (χ1) is 13.3. The van der Waals surface area contributed by atoms with E-state index in [-0.39, 0.29) is 9.92 Å². The molecule has 0 N–H and O–H groups in total. The molecule has 0 saturated heterocycles. The second-order valence-corrected chi connectivity index (χ2v) is 9.84. The molecule has 28 heavy (non-hydrogen) atoms. The first-order valence-electron chi connectivity index (χ1n) is 8.77. The summed E-state index contributed by atoms with van der Waals surface area (Å²) in [5.74, 6) is 0. The van der Waals surface area contributed by atoms with Gasteiger partial charge in [-0.3, -0.25) is 0 Å². The van der Waals surface area contributed by atoms with Crippen LogP contribution in [0.5, 0.6) is 0 Å². The fourth-order valence-corrected chi connectivity index (χ4v) is 5.18. The van der Waals surface area contributed by atoms with Crippen LogP contribution in [0.15, 0.2) is 57.7 Å². The van der Waals surface area contributed by atoms with E-state index < -0.39 is 10.0 Å². The van der Waals surface area contributed by atoms with E-state index in [4.69, 9.17) is 16.6 Å². The molecular weight excluding hydrogens is 414 g/mol. The van der Waals surface area contributed by atoms with Crippen LogP contribution in [0.3, 0.4) is 0 Å². The van der Waals surface area contributed by atoms with E-state index in [1.165, 1.54) is 29.7 Å². The van der Waals surface area contributed by atoms with E-state index >= 15 is 0 Å². The molecule has 0 atom stereocenters. The zero-order valence-corrected chi connectivity index (χ0v) is 18.6. The van der Waals surface area contributed by atoms with Crippen LogP contribution in [-0.4, -0.2) is 31.4 Å². The number of nitrogens with zero attached hydrogens (tertiary/aromatic N) is 3. The van der Waals surface area contributed by atoms with E-state index in [9.17, 15) is 8.42 Å². The minimum absolute atomic E-state index is 0.0999. The molecule has 0 spiro atoms. The predicted octanol–water partition coefficient (Wildman–Crippen LogP) is 4.68. The lowest BCUT2D eigenvalue weighted by molar-refractivity contribution is 0.521. The molecule has 0 bridgehead atoms. The molecule has 0 aliphatic carbocycles. The zero-order chi connectivity index (χ0) is 20.5. The Morgan fingerprint density at radius 2 is 1.89 bits per heavy atom. The lowest BCUT2D eigenvalue weighted by Gasteiger charge is -2.14. The number of hydrogen-bond acceptors (Lipinski definition) is 4.